The number of hydrogen-bond donors (Lipinski definition) is 2. The van der Waals surface area contributed by atoms with Crippen LogP contribution in [0.15, 0.2) is 82.9 Å². The minimum atomic E-state index is -1.36. The van der Waals surface area contributed by atoms with Crippen LogP contribution in [-0.2, 0) is 29.0 Å². The summed E-state index contributed by atoms with van der Waals surface area (Å²) in [5.74, 6) is 0.126. The largest absolute Gasteiger partial charge is 0.494 e. The summed E-state index contributed by atoms with van der Waals surface area (Å²) in [7, 11) is 0. The Morgan fingerprint density at radius 3 is 2.51 bits per heavy atom. The Morgan fingerprint density at radius 2 is 1.82 bits per heavy atom. The van der Waals surface area contributed by atoms with Crippen molar-refractivity contribution in [2.75, 3.05) is 13.2 Å². The van der Waals surface area contributed by atoms with Crippen molar-refractivity contribution >= 4 is 11.8 Å². The molecule has 0 bridgehead atoms. The number of aliphatic imine (C=N–C) groups is 1. The highest BCUT2D eigenvalue weighted by Crippen LogP contribution is 2.34. The van der Waals surface area contributed by atoms with Gasteiger partial charge in [0.1, 0.15) is 17.7 Å². The number of nitrogens with zero attached hydrogens (tertiary/aromatic N) is 4. The van der Waals surface area contributed by atoms with Crippen LogP contribution in [0.4, 0.5) is 4.39 Å². The Bertz CT molecular complexity index is 1370. The van der Waals surface area contributed by atoms with Crippen molar-refractivity contribution in [3.8, 4) is 5.75 Å². The molecule has 4 rings (SSSR count). The first-order valence-corrected chi connectivity index (χ1v) is 12.7. The number of hydrogen-bond acceptors (Lipinski definition) is 6. The van der Waals surface area contributed by atoms with Crippen molar-refractivity contribution in [2.24, 2.45) is 10.1 Å². The van der Waals surface area contributed by atoms with Gasteiger partial charge in [0.15, 0.2) is 5.54 Å². The summed E-state index contributed by atoms with van der Waals surface area (Å²) in [6, 6.07) is 20.8. The standard InChI is InChI=1S/C29H30FN5O4/c1-20-29(17-22-7-2-3-8-23(22)19-33-35-31,28(37)32-18-24-9-4-5-10-26(24)30)34-27(39-20)21-11-13-25(14-12-21)38-16-6-15-36/h2-5,7-14,20,36H,6,15-19H2,1H3,(H,32,37)/t20-,29-/m1/s1. The average Bonchev–Trinajstić information content (AvgIpc) is 3.29. The minimum Gasteiger partial charge on any atom is -0.494 e. The van der Waals surface area contributed by atoms with Crippen molar-refractivity contribution in [3.05, 3.63) is 111 Å². The quantitative estimate of drug-likeness (QED) is 0.150. The number of azide groups is 1. The Balaban J connectivity index is 1.66. The smallest absolute Gasteiger partial charge is 0.252 e. The molecule has 1 heterocycles. The van der Waals surface area contributed by atoms with Crippen molar-refractivity contribution in [3.63, 3.8) is 0 Å². The summed E-state index contributed by atoms with van der Waals surface area (Å²) < 4.78 is 26.0. The molecule has 3 aromatic rings. The first kappa shape index (κ1) is 27.6. The zero-order valence-corrected chi connectivity index (χ0v) is 21.6. The molecule has 0 fully saturated rings. The predicted molar refractivity (Wildman–Crippen MR) is 145 cm³/mol. The second-order valence-corrected chi connectivity index (χ2v) is 9.16. The van der Waals surface area contributed by atoms with Crippen molar-refractivity contribution < 1.29 is 23.8 Å². The summed E-state index contributed by atoms with van der Waals surface area (Å²) in [5.41, 5.74) is 10.1. The molecule has 9 nitrogen and oxygen atoms in total. The van der Waals surface area contributed by atoms with Crippen molar-refractivity contribution in [1.29, 1.82) is 0 Å². The van der Waals surface area contributed by atoms with Crippen LogP contribution in [0.5, 0.6) is 5.75 Å². The van der Waals surface area contributed by atoms with E-state index in [-0.39, 0.29) is 26.1 Å². The zero-order chi connectivity index (χ0) is 27.7. The second kappa shape index (κ2) is 12.9. The number of ether oxygens (including phenoxy) is 2. The molecule has 1 aliphatic heterocycles. The van der Waals surface area contributed by atoms with Gasteiger partial charge < -0.3 is 19.9 Å². The average molecular weight is 532 g/mol. The Hall–Kier alpha value is -4.40. The zero-order valence-electron chi connectivity index (χ0n) is 21.6. The number of halogens is 1. The van der Waals surface area contributed by atoms with E-state index in [1.807, 2.05) is 24.3 Å². The highest BCUT2D eigenvalue weighted by Gasteiger charge is 2.50. The van der Waals surface area contributed by atoms with Gasteiger partial charge in [-0.25, -0.2) is 9.38 Å². The molecule has 0 saturated carbocycles. The lowest BCUT2D eigenvalue weighted by Gasteiger charge is -2.29. The van der Waals surface area contributed by atoms with Crippen LogP contribution in [-0.4, -0.2) is 41.8 Å². The molecule has 1 amide bonds. The fourth-order valence-corrected chi connectivity index (χ4v) is 4.40. The predicted octanol–water partition coefficient (Wildman–Crippen LogP) is 4.86. The molecule has 0 unspecified atom stereocenters. The van der Waals surface area contributed by atoms with Gasteiger partial charge in [-0.15, -0.1) is 0 Å². The van der Waals surface area contributed by atoms with Gasteiger partial charge in [-0.05, 0) is 53.9 Å². The summed E-state index contributed by atoms with van der Waals surface area (Å²) >= 11 is 0. The number of aliphatic hydroxyl groups is 1. The monoisotopic (exact) mass is 531 g/mol. The molecule has 0 saturated heterocycles. The van der Waals surface area contributed by atoms with Crippen LogP contribution in [0.25, 0.3) is 10.4 Å². The van der Waals surface area contributed by atoms with Gasteiger partial charge >= 0.3 is 0 Å². The molecule has 39 heavy (non-hydrogen) atoms. The van der Waals surface area contributed by atoms with E-state index in [0.29, 0.717) is 35.8 Å². The van der Waals surface area contributed by atoms with E-state index in [1.54, 1.807) is 49.4 Å². The van der Waals surface area contributed by atoms with E-state index in [4.69, 9.17) is 25.1 Å². The van der Waals surface area contributed by atoms with Crippen LogP contribution >= 0.6 is 0 Å². The Labute approximate surface area is 225 Å². The van der Waals surface area contributed by atoms with Gasteiger partial charge in [-0.1, -0.05) is 47.6 Å². The van der Waals surface area contributed by atoms with E-state index >= 15 is 0 Å². The molecule has 3 aromatic carbocycles. The lowest BCUT2D eigenvalue weighted by Crippen LogP contribution is -2.52. The van der Waals surface area contributed by atoms with Crippen LogP contribution < -0.4 is 10.1 Å². The number of carbonyl (C=O) groups excluding carboxylic acids is 1. The van der Waals surface area contributed by atoms with E-state index in [9.17, 15) is 9.18 Å². The minimum absolute atomic E-state index is 0.00885. The van der Waals surface area contributed by atoms with Gasteiger partial charge in [-0.2, -0.15) is 0 Å². The van der Waals surface area contributed by atoms with Gasteiger partial charge in [0.05, 0.1) is 13.2 Å². The van der Waals surface area contributed by atoms with E-state index in [0.717, 1.165) is 11.1 Å². The fourth-order valence-electron chi connectivity index (χ4n) is 4.40. The first-order valence-electron chi connectivity index (χ1n) is 12.7. The van der Waals surface area contributed by atoms with Crippen molar-refractivity contribution in [2.45, 2.75) is 44.5 Å². The Morgan fingerprint density at radius 1 is 1.13 bits per heavy atom. The fraction of sp³-hybridized carbons (Fsp3) is 0.310. The maximum absolute atomic E-state index is 14.3. The summed E-state index contributed by atoms with van der Waals surface area (Å²) in [4.78, 5) is 21.5. The molecule has 1 aliphatic rings. The first-order chi connectivity index (χ1) is 19.0. The maximum Gasteiger partial charge on any atom is 0.252 e. The number of nitrogens with one attached hydrogen (secondary N) is 1. The van der Waals surface area contributed by atoms with Gasteiger partial charge in [0.25, 0.3) is 5.91 Å². The third-order valence-corrected chi connectivity index (χ3v) is 6.61. The SMILES string of the molecule is C[C@H]1OC(c2ccc(OCCCO)cc2)=N[C@@]1(Cc1ccccc1CN=[N+]=[N-])C(=O)NCc1ccccc1F. The normalized spacial score (nSPS) is 18.0. The molecule has 0 aliphatic carbocycles. The lowest BCUT2D eigenvalue weighted by molar-refractivity contribution is -0.128. The van der Waals surface area contributed by atoms with Gasteiger partial charge in [0.2, 0.25) is 5.90 Å². The third-order valence-electron chi connectivity index (χ3n) is 6.61. The molecule has 202 valence electrons. The summed E-state index contributed by atoms with van der Waals surface area (Å²) in [6.07, 6.45) is 0.0576. The van der Waals surface area contributed by atoms with E-state index in [2.05, 4.69) is 15.3 Å². The number of amides is 1. The lowest BCUT2D eigenvalue weighted by atomic mass is 9.84. The molecule has 0 aromatic heterocycles. The summed E-state index contributed by atoms with van der Waals surface area (Å²) in [5, 5.41) is 15.5. The molecule has 0 radical (unpaired) electrons. The highest BCUT2D eigenvalue weighted by molar-refractivity contribution is 6.01. The van der Waals surface area contributed by atoms with Crippen molar-refractivity contribution in [1.82, 2.24) is 5.32 Å². The molecule has 2 atom stereocenters. The molecular formula is C29H30FN5O4. The summed E-state index contributed by atoms with van der Waals surface area (Å²) in [6.45, 7) is 2.34. The Kier molecular flexibility index (Phi) is 9.14. The number of rotatable bonds is 12. The van der Waals surface area contributed by atoms with Gasteiger partial charge in [-0.3, -0.25) is 4.79 Å². The number of benzene rings is 3. The van der Waals surface area contributed by atoms with Crippen LogP contribution in [0.1, 0.15) is 35.6 Å². The number of carbonyl (C=O) groups is 1. The van der Waals surface area contributed by atoms with E-state index < -0.39 is 23.4 Å². The van der Waals surface area contributed by atoms with Crippen LogP contribution in [0.3, 0.4) is 0 Å². The maximum atomic E-state index is 14.3. The van der Waals surface area contributed by atoms with Crippen LogP contribution in [0.2, 0.25) is 0 Å². The molecule has 2 N–H and O–H groups in total. The van der Waals surface area contributed by atoms with E-state index in [1.165, 1.54) is 6.07 Å². The van der Waals surface area contributed by atoms with Crippen LogP contribution in [0, 0.1) is 5.82 Å². The second-order valence-electron chi connectivity index (χ2n) is 9.16. The third kappa shape index (κ3) is 6.54. The number of aliphatic hydroxyl groups excluding tert-OH is 1. The molecule has 0 spiro atoms. The topological polar surface area (TPSA) is 129 Å². The molecule has 10 heteroatoms. The molecular weight excluding hydrogens is 501 g/mol. The highest BCUT2D eigenvalue weighted by atomic mass is 19.1. The van der Waals surface area contributed by atoms with Gasteiger partial charge in [0, 0.05) is 42.0 Å².